The van der Waals surface area contributed by atoms with Gasteiger partial charge < -0.3 is 14.8 Å². The third-order valence-electron chi connectivity index (χ3n) is 2.36. The molecule has 0 fully saturated rings. The summed E-state index contributed by atoms with van der Waals surface area (Å²) in [4.78, 5) is 8.84. The Morgan fingerprint density at radius 3 is 2.72 bits per heavy atom. The van der Waals surface area contributed by atoms with E-state index in [2.05, 4.69) is 29.1 Å². The number of nitrogens with zero attached hydrogens (tertiary/aromatic N) is 2. The molecule has 18 heavy (non-hydrogen) atoms. The molecule has 0 aliphatic rings. The van der Waals surface area contributed by atoms with E-state index < -0.39 is 0 Å². The zero-order chi connectivity index (χ0) is 13.4. The normalized spacial score (nSPS) is 10.7. The molecule has 1 rings (SSSR count). The van der Waals surface area contributed by atoms with Crippen LogP contribution in [-0.4, -0.2) is 36.8 Å². The maximum absolute atomic E-state index is 5.45. The summed E-state index contributed by atoms with van der Waals surface area (Å²) >= 11 is 0. The summed E-state index contributed by atoms with van der Waals surface area (Å²) in [5.41, 5.74) is 0. The molecule has 1 N–H and O–H groups in total. The van der Waals surface area contributed by atoms with Crippen molar-refractivity contribution in [2.24, 2.45) is 0 Å². The summed E-state index contributed by atoms with van der Waals surface area (Å²) in [5.74, 6) is 2.53. The fraction of sp³-hybridized carbons (Fsp3) is 0.692. The Morgan fingerprint density at radius 1 is 1.33 bits per heavy atom. The summed E-state index contributed by atoms with van der Waals surface area (Å²) in [6.45, 7) is 8.27. The van der Waals surface area contributed by atoms with Crippen molar-refractivity contribution < 1.29 is 9.47 Å². The van der Waals surface area contributed by atoms with Gasteiger partial charge in [-0.25, -0.2) is 4.98 Å². The van der Waals surface area contributed by atoms with Crippen LogP contribution in [0.15, 0.2) is 6.07 Å². The van der Waals surface area contributed by atoms with E-state index in [1.54, 1.807) is 7.11 Å². The number of hydrogen-bond donors (Lipinski definition) is 1. The maximum atomic E-state index is 5.45. The largest absolute Gasteiger partial charge is 0.478 e. The molecule has 0 amide bonds. The van der Waals surface area contributed by atoms with Gasteiger partial charge in [-0.2, -0.15) is 4.98 Å². The van der Waals surface area contributed by atoms with Gasteiger partial charge in [-0.1, -0.05) is 13.8 Å². The molecular formula is C13H23N3O2. The smallest absolute Gasteiger partial charge is 0.218 e. The van der Waals surface area contributed by atoms with Crippen LogP contribution in [0.1, 0.15) is 38.9 Å². The van der Waals surface area contributed by atoms with E-state index in [0.29, 0.717) is 12.5 Å². The highest BCUT2D eigenvalue weighted by Crippen LogP contribution is 2.18. The number of aromatic nitrogens is 2. The van der Waals surface area contributed by atoms with Crippen LogP contribution in [0, 0.1) is 0 Å². The lowest BCUT2D eigenvalue weighted by molar-refractivity contribution is 0.197. The van der Waals surface area contributed by atoms with Crippen LogP contribution in [0.2, 0.25) is 0 Å². The molecule has 0 aliphatic carbocycles. The van der Waals surface area contributed by atoms with Gasteiger partial charge in [0.15, 0.2) is 0 Å². The molecule has 1 heterocycles. The maximum Gasteiger partial charge on any atom is 0.218 e. The van der Waals surface area contributed by atoms with Gasteiger partial charge in [0.05, 0.1) is 6.61 Å². The van der Waals surface area contributed by atoms with Crippen molar-refractivity contribution in [3.8, 4) is 5.88 Å². The van der Waals surface area contributed by atoms with Crippen LogP contribution in [0.5, 0.6) is 5.88 Å². The van der Waals surface area contributed by atoms with Gasteiger partial charge >= 0.3 is 0 Å². The molecule has 1 aromatic heterocycles. The zero-order valence-electron chi connectivity index (χ0n) is 11.7. The molecule has 5 heteroatoms. The summed E-state index contributed by atoms with van der Waals surface area (Å²) < 4.78 is 10.5. The number of nitrogens with one attached hydrogen (secondary N) is 1. The second-order valence-electron chi connectivity index (χ2n) is 4.31. The zero-order valence-corrected chi connectivity index (χ0v) is 11.7. The first kappa shape index (κ1) is 14.7. The van der Waals surface area contributed by atoms with Crippen LogP contribution in [-0.2, 0) is 4.74 Å². The van der Waals surface area contributed by atoms with E-state index in [4.69, 9.17) is 9.47 Å². The Kier molecular flexibility index (Phi) is 6.43. The average molecular weight is 253 g/mol. The minimum absolute atomic E-state index is 0.282. The summed E-state index contributed by atoms with van der Waals surface area (Å²) in [5, 5.41) is 3.26. The molecule has 0 spiro atoms. The monoisotopic (exact) mass is 253 g/mol. The number of methoxy groups -OCH3 is 1. The molecular weight excluding hydrogens is 230 g/mol. The molecule has 0 aromatic carbocycles. The first-order valence-corrected chi connectivity index (χ1v) is 6.42. The fourth-order valence-corrected chi connectivity index (χ4v) is 1.45. The lowest BCUT2D eigenvalue weighted by Gasteiger charge is -2.11. The van der Waals surface area contributed by atoms with Crippen molar-refractivity contribution in [1.82, 2.24) is 9.97 Å². The van der Waals surface area contributed by atoms with E-state index in [1.807, 2.05) is 13.0 Å². The molecule has 0 saturated heterocycles. The van der Waals surface area contributed by atoms with Crippen LogP contribution in [0.3, 0.4) is 0 Å². The quantitative estimate of drug-likeness (QED) is 0.721. The standard InChI is InChI=1S/C13H23N3O2/c1-5-18-12-9-11(14-7-6-8-17-4)15-13(16-12)10(2)3/h9-10H,5-8H2,1-4H3,(H,14,15,16). The molecule has 102 valence electrons. The van der Waals surface area contributed by atoms with E-state index in [-0.39, 0.29) is 5.92 Å². The predicted octanol–water partition coefficient (Wildman–Crippen LogP) is 2.45. The van der Waals surface area contributed by atoms with Gasteiger partial charge in [0.25, 0.3) is 0 Å². The Bertz CT molecular complexity index is 356. The number of hydrogen-bond acceptors (Lipinski definition) is 5. The molecule has 0 unspecified atom stereocenters. The first-order chi connectivity index (χ1) is 8.67. The lowest BCUT2D eigenvalue weighted by Crippen LogP contribution is -2.09. The number of rotatable bonds is 8. The minimum Gasteiger partial charge on any atom is -0.478 e. The predicted molar refractivity (Wildman–Crippen MR) is 72.3 cm³/mol. The van der Waals surface area contributed by atoms with Crippen LogP contribution >= 0.6 is 0 Å². The summed E-state index contributed by atoms with van der Waals surface area (Å²) in [6.07, 6.45) is 0.946. The van der Waals surface area contributed by atoms with Crippen molar-refractivity contribution >= 4 is 5.82 Å². The molecule has 0 aliphatic heterocycles. The molecule has 1 aromatic rings. The highest BCUT2D eigenvalue weighted by molar-refractivity contribution is 5.38. The van der Waals surface area contributed by atoms with Crippen LogP contribution < -0.4 is 10.1 Å². The molecule has 0 radical (unpaired) electrons. The minimum atomic E-state index is 0.282. The number of anilines is 1. The van der Waals surface area contributed by atoms with Crippen LogP contribution in [0.4, 0.5) is 5.82 Å². The highest BCUT2D eigenvalue weighted by atomic mass is 16.5. The molecule has 0 saturated carbocycles. The van der Waals surface area contributed by atoms with Gasteiger partial charge in [0, 0.05) is 32.2 Å². The first-order valence-electron chi connectivity index (χ1n) is 6.42. The van der Waals surface area contributed by atoms with Gasteiger partial charge in [0.2, 0.25) is 5.88 Å². The van der Waals surface area contributed by atoms with Crippen molar-refractivity contribution in [3.63, 3.8) is 0 Å². The Hall–Kier alpha value is -1.36. The Labute approximate surface area is 109 Å². The third kappa shape index (κ3) is 4.87. The Morgan fingerprint density at radius 2 is 2.11 bits per heavy atom. The van der Waals surface area contributed by atoms with Crippen molar-refractivity contribution in [2.75, 3.05) is 32.2 Å². The van der Waals surface area contributed by atoms with Crippen LogP contribution in [0.25, 0.3) is 0 Å². The average Bonchev–Trinajstić information content (AvgIpc) is 2.35. The fourth-order valence-electron chi connectivity index (χ4n) is 1.45. The van der Waals surface area contributed by atoms with Gasteiger partial charge in [-0.15, -0.1) is 0 Å². The lowest BCUT2D eigenvalue weighted by atomic mass is 10.2. The highest BCUT2D eigenvalue weighted by Gasteiger charge is 2.08. The van der Waals surface area contributed by atoms with Gasteiger partial charge in [-0.05, 0) is 13.3 Å². The van der Waals surface area contributed by atoms with Crippen molar-refractivity contribution in [2.45, 2.75) is 33.1 Å². The molecule has 5 nitrogen and oxygen atoms in total. The second-order valence-corrected chi connectivity index (χ2v) is 4.31. The van der Waals surface area contributed by atoms with Gasteiger partial charge in [0.1, 0.15) is 11.6 Å². The molecule has 0 bridgehead atoms. The summed E-state index contributed by atoms with van der Waals surface area (Å²) in [6, 6.07) is 1.84. The number of ether oxygens (including phenoxy) is 2. The van der Waals surface area contributed by atoms with E-state index >= 15 is 0 Å². The van der Waals surface area contributed by atoms with Crippen molar-refractivity contribution in [3.05, 3.63) is 11.9 Å². The topological polar surface area (TPSA) is 56.3 Å². The summed E-state index contributed by atoms with van der Waals surface area (Å²) in [7, 11) is 1.70. The van der Waals surface area contributed by atoms with Crippen molar-refractivity contribution in [1.29, 1.82) is 0 Å². The Balaban J connectivity index is 2.69. The second kappa shape index (κ2) is 7.87. The SMILES string of the molecule is CCOc1cc(NCCCOC)nc(C(C)C)n1. The van der Waals surface area contributed by atoms with Gasteiger partial charge in [-0.3, -0.25) is 0 Å². The van der Waals surface area contributed by atoms with E-state index in [0.717, 1.165) is 31.2 Å². The van der Waals surface area contributed by atoms with E-state index in [1.165, 1.54) is 0 Å². The van der Waals surface area contributed by atoms with E-state index in [9.17, 15) is 0 Å². The third-order valence-corrected chi connectivity index (χ3v) is 2.36. The molecule has 0 atom stereocenters.